The molecule has 3 atom stereocenters. The molecule has 2 bridgehead atoms. The van der Waals surface area contributed by atoms with Crippen LogP contribution in [0.4, 0.5) is 0 Å². The molecule has 5 nitrogen and oxygen atoms in total. The lowest BCUT2D eigenvalue weighted by Gasteiger charge is -2.51. The number of aryl methyl sites for hydroxylation is 2. The highest BCUT2D eigenvalue weighted by molar-refractivity contribution is 7.92. The number of fused-ring (bicyclic) bond motifs is 4. The molecule has 1 amide bonds. The summed E-state index contributed by atoms with van der Waals surface area (Å²) in [4.78, 5) is 14.8. The van der Waals surface area contributed by atoms with Crippen LogP contribution in [0.2, 0.25) is 5.02 Å². The molecule has 0 saturated carbocycles. The minimum atomic E-state index is -3.91. The number of rotatable bonds is 2. The van der Waals surface area contributed by atoms with Crippen LogP contribution in [-0.4, -0.2) is 37.2 Å². The fraction of sp³-hybridized carbons (Fsp3) is 0.381. The molecular formula is C21H22ClNO4S. The number of ether oxygens (including phenoxy) is 1. The predicted octanol–water partition coefficient (Wildman–Crippen LogP) is 3.85. The SMILES string of the molecule is Cc1ccc(S(=O)(=O)[C@H]2C(=O)N(C)[C@@]3(C)C[C@H]2c2cc(Cl)ccc2O3)cc1C. The van der Waals surface area contributed by atoms with Crippen molar-refractivity contribution < 1.29 is 17.9 Å². The average molecular weight is 420 g/mol. The maximum absolute atomic E-state index is 13.6. The third-order valence-electron chi connectivity index (χ3n) is 6.09. The molecule has 0 radical (unpaired) electrons. The van der Waals surface area contributed by atoms with Gasteiger partial charge in [0.2, 0.25) is 5.91 Å². The van der Waals surface area contributed by atoms with E-state index in [2.05, 4.69) is 0 Å². The number of likely N-dealkylation sites (tertiary alicyclic amines) is 1. The van der Waals surface area contributed by atoms with Gasteiger partial charge >= 0.3 is 0 Å². The number of halogens is 1. The number of carbonyl (C=O) groups is 1. The van der Waals surface area contributed by atoms with Crippen LogP contribution in [0.5, 0.6) is 5.75 Å². The number of hydrogen-bond acceptors (Lipinski definition) is 4. The van der Waals surface area contributed by atoms with Gasteiger partial charge in [0.15, 0.2) is 20.8 Å². The topological polar surface area (TPSA) is 63.7 Å². The number of benzene rings is 2. The van der Waals surface area contributed by atoms with Gasteiger partial charge in [0.05, 0.1) is 4.90 Å². The molecule has 2 heterocycles. The molecular weight excluding hydrogens is 398 g/mol. The summed E-state index contributed by atoms with van der Waals surface area (Å²) in [5.41, 5.74) is 1.65. The molecule has 0 spiro atoms. The third-order valence-corrected chi connectivity index (χ3v) is 8.43. The second kappa shape index (κ2) is 6.22. The maximum Gasteiger partial charge on any atom is 0.244 e. The zero-order valence-corrected chi connectivity index (χ0v) is 17.8. The summed E-state index contributed by atoms with van der Waals surface area (Å²) in [6.45, 7) is 5.60. The van der Waals surface area contributed by atoms with E-state index >= 15 is 0 Å². The first kappa shape index (κ1) is 19.3. The third kappa shape index (κ3) is 2.73. The Labute approximate surface area is 170 Å². The highest BCUT2D eigenvalue weighted by Crippen LogP contribution is 2.50. The Morgan fingerprint density at radius 1 is 1.14 bits per heavy atom. The monoisotopic (exact) mass is 419 g/mol. The van der Waals surface area contributed by atoms with Crippen molar-refractivity contribution >= 4 is 27.3 Å². The molecule has 2 aromatic rings. The normalized spacial score (nSPS) is 26.6. The van der Waals surface area contributed by atoms with Gasteiger partial charge in [-0.1, -0.05) is 17.7 Å². The second-order valence-corrected chi connectivity index (χ2v) is 10.4. The van der Waals surface area contributed by atoms with Crippen LogP contribution in [0.1, 0.15) is 36.0 Å². The van der Waals surface area contributed by atoms with Crippen LogP contribution < -0.4 is 4.74 Å². The van der Waals surface area contributed by atoms with Crippen LogP contribution in [0.3, 0.4) is 0 Å². The van der Waals surface area contributed by atoms with Crippen molar-refractivity contribution in [1.29, 1.82) is 0 Å². The predicted molar refractivity (Wildman–Crippen MR) is 108 cm³/mol. The van der Waals surface area contributed by atoms with Crippen molar-refractivity contribution in [2.75, 3.05) is 7.05 Å². The number of nitrogens with zero attached hydrogens (tertiary/aromatic N) is 1. The van der Waals surface area contributed by atoms with Crippen LogP contribution in [0.15, 0.2) is 41.3 Å². The van der Waals surface area contributed by atoms with E-state index in [9.17, 15) is 13.2 Å². The molecule has 148 valence electrons. The van der Waals surface area contributed by atoms with Crippen LogP contribution in [0.25, 0.3) is 0 Å². The minimum Gasteiger partial charge on any atom is -0.468 e. The zero-order valence-electron chi connectivity index (χ0n) is 16.2. The van der Waals surface area contributed by atoms with Crippen molar-refractivity contribution in [1.82, 2.24) is 4.90 Å². The number of amides is 1. The molecule has 1 saturated heterocycles. The number of hydrogen-bond donors (Lipinski definition) is 0. The Balaban J connectivity index is 1.91. The molecule has 2 aliphatic heterocycles. The molecule has 0 unspecified atom stereocenters. The molecule has 0 aromatic heterocycles. The Hall–Kier alpha value is -2.05. The highest BCUT2D eigenvalue weighted by atomic mass is 35.5. The fourth-order valence-electron chi connectivity index (χ4n) is 4.16. The van der Waals surface area contributed by atoms with E-state index in [1.165, 1.54) is 4.90 Å². The van der Waals surface area contributed by atoms with E-state index in [4.69, 9.17) is 16.3 Å². The van der Waals surface area contributed by atoms with Gasteiger partial charge in [0.25, 0.3) is 0 Å². The summed E-state index contributed by atoms with van der Waals surface area (Å²) in [6.07, 6.45) is 0.386. The Kier molecular flexibility index (Phi) is 4.28. The summed E-state index contributed by atoms with van der Waals surface area (Å²) in [5, 5.41) is -0.728. The Morgan fingerprint density at radius 2 is 1.86 bits per heavy atom. The van der Waals surface area contributed by atoms with Crippen molar-refractivity contribution in [2.24, 2.45) is 0 Å². The van der Waals surface area contributed by atoms with E-state index in [1.807, 2.05) is 20.8 Å². The molecule has 0 aliphatic carbocycles. The quantitative estimate of drug-likeness (QED) is 0.741. The fourth-order valence-corrected chi connectivity index (χ4v) is 6.33. The standard InChI is InChI=1S/C21H22ClNO4S/c1-12-5-7-15(9-13(12)2)28(25,26)19-17-11-21(3,23(4)20(19)24)27-18-8-6-14(22)10-16(17)18/h5-10,17,19H,11H2,1-4H3/t17-,19+,21+/m0/s1. The van der Waals surface area contributed by atoms with Crippen molar-refractivity contribution in [2.45, 2.75) is 49.0 Å². The first-order valence-corrected chi connectivity index (χ1v) is 11.0. The van der Waals surface area contributed by atoms with E-state index in [1.54, 1.807) is 43.4 Å². The molecule has 7 heteroatoms. The van der Waals surface area contributed by atoms with Crippen molar-refractivity contribution in [3.8, 4) is 5.75 Å². The van der Waals surface area contributed by atoms with E-state index in [-0.39, 0.29) is 4.90 Å². The van der Waals surface area contributed by atoms with Crippen molar-refractivity contribution in [3.63, 3.8) is 0 Å². The van der Waals surface area contributed by atoms with Gasteiger partial charge < -0.3 is 9.64 Å². The van der Waals surface area contributed by atoms with E-state index < -0.39 is 32.6 Å². The van der Waals surface area contributed by atoms with Crippen molar-refractivity contribution in [3.05, 3.63) is 58.1 Å². The highest BCUT2D eigenvalue weighted by Gasteiger charge is 2.57. The van der Waals surface area contributed by atoms with Gasteiger partial charge in [-0.15, -0.1) is 0 Å². The van der Waals surface area contributed by atoms with E-state index in [0.717, 1.165) is 11.1 Å². The summed E-state index contributed by atoms with van der Waals surface area (Å²) >= 11 is 6.17. The van der Waals surface area contributed by atoms with Gasteiger partial charge in [-0.25, -0.2) is 8.42 Å². The lowest BCUT2D eigenvalue weighted by molar-refractivity contribution is -0.159. The summed E-state index contributed by atoms with van der Waals surface area (Å²) in [5.74, 6) is -0.409. The smallest absolute Gasteiger partial charge is 0.244 e. The molecule has 4 rings (SSSR count). The maximum atomic E-state index is 13.6. The van der Waals surface area contributed by atoms with Gasteiger partial charge in [-0.2, -0.15) is 0 Å². The minimum absolute atomic E-state index is 0.168. The molecule has 2 aromatic carbocycles. The lowest BCUT2D eigenvalue weighted by Crippen LogP contribution is -2.64. The average Bonchev–Trinajstić information content (AvgIpc) is 2.62. The summed E-state index contributed by atoms with van der Waals surface area (Å²) < 4.78 is 33.3. The van der Waals surface area contributed by atoms with Gasteiger partial charge in [-0.05, 0) is 62.2 Å². The zero-order chi connectivity index (χ0) is 20.4. The van der Waals surface area contributed by atoms with E-state index in [0.29, 0.717) is 22.8 Å². The first-order valence-electron chi connectivity index (χ1n) is 9.12. The largest absolute Gasteiger partial charge is 0.468 e. The Bertz CT molecular complexity index is 1100. The number of carbonyl (C=O) groups excluding carboxylic acids is 1. The molecule has 0 N–H and O–H groups in total. The second-order valence-electron chi connectivity index (χ2n) is 7.88. The number of piperidine rings is 1. The molecule has 1 fully saturated rings. The lowest BCUT2D eigenvalue weighted by atomic mass is 9.80. The van der Waals surface area contributed by atoms with Gasteiger partial charge in [-0.3, -0.25) is 4.79 Å². The van der Waals surface area contributed by atoms with Gasteiger partial charge in [0.1, 0.15) is 5.75 Å². The molecule has 28 heavy (non-hydrogen) atoms. The molecule has 2 aliphatic rings. The summed E-state index contributed by atoms with van der Waals surface area (Å²) in [6, 6.07) is 10.2. The Morgan fingerprint density at radius 3 is 2.54 bits per heavy atom. The van der Waals surface area contributed by atoms with Gasteiger partial charge in [0, 0.05) is 30.0 Å². The van der Waals surface area contributed by atoms with Crippen LogP contribution >= 0.6 is 11.6 Å². The summed E-state index contributed by atoms with van der Waals surface area (Å²) in [7, 11) is -2.31. The number of sulfone groups is 1. The van der Waals surface area contributed by atoms with Crippen LogP contribution in [-0.2, 0) is 14.6 Å². The van der Waals surface area contributed by atoms with Crippen LogP contribution in [0, 0.1) is 13.8 Å². The first-order chi connectivity index (χ1) is 13.0.